The Bertz CT molecular complexity index is 1180. The number of nitrogens with zero attached hydrogens (tertiary/aromatic N) is 3. The van der Waals surface area contributed by atoms with Crippen molar-refractivity contribution in [2.75, 3.05) is 6.54 Å². The number of nitrogens with one attached hydrogen (secondary N) is 2. The van der Waals surface area contributed by atoms with Crippen LogP contribution in [-0.2, 0) is 10.0 Å². The van der Waals surface area contributed by atoms with Crippen molar-refractivity contribution in [3.05, 3.63) is 46.4 Å². The maximum Gasteiger partial charge on any atom is 0.240 e. The van der Waals surface area contributed by atoms with Gasteiger partial charge in [-0.3, -0.25) is 4.99 Å². The molecule has 2 aliphatic rings. The average molecular weight is 415 g/mol. The Morgan fingerprint density at radius 1 is 1.38 bits per heavy atom. The number of nitriles is 1. The molecule has 1 aliphatic heterocycles. The fraction of sp³-hybridized carbons (Fsp3) is 0.400. The first-order valence-electron chi connectivity index (χ1n) is 9.58. The zero-order valence-corrected chi connectivity index (χ0v) is 17.1. The number of hydrogen-bond donors (Lipinski definition) is 2. The second kappa shape index (κ2) is 7.28. The summed E-state index contributed by atoms with van der Waals surface area (Å²) in [6, 6.07) is 6.57. The van der Waals surface area contributed by atoms with E-state index in [-0.39, 0.29) is 29.4 Å². The summed E-state index contributed by atoms with van der Waals surface area (Å²) in [4.78, 5) is 4.57. The Morgan fingerprint density at radius 3 is 2.69 bits per heavy atom. The van der Waals surface area contributed by atoms with E-state index < -0.39 is 10.0 Å². The summed E-state index contributed by atoms with van der Waals surface area (Å²) in [6.45, 7) is 3.46. The van der Waals surface area contributed by atoms with Gasteiger partial charge < -0.3 is 9.88 Å². The number of fused-ring (bicyclic) bond motifs is 1. The zero-order valence-electron chi connectivity index (χ0n) is 16.2. The first-order chi connectivity index (χ1) is 13.8. The van der Waals surface area contributed by atoms with Crippen LogP contribution in [0, 0.1) is 17.1 Å². The van der Waals surface area contributed by atoms with E-state index in [0.717, 1.165) is 19.3 Å². The standard InChI is InChI=1S/C20H22FN5O2S/c1-12(2)25-29(27,28)15-10-23-20(24-11-15)19-17(9-22)16-7-6-13(21)8-18(16)26(19)14-4-3-5-14/h6-8,10,12,14,25H,3-5,11H2,1-2H3,(H,23,24). The number of aliphatic imine (C=N–C) groups is 1. The van der Waals surface area contributed by atoms with Crippen LogP contribution < -0.4 is 10.0 Å². The predicted octanol–water partition coefficient (Wildman–Crippen LogP) is 2.90. The number of benzene rings is 1. The van der Waals surface area contributed by atoms with E-state index >= 15 is 0 Å². The summed E-state index contributed by atoms with van der Waals surface area (Å²) in [5.74, 6) is 0.0618. The molecule has 0 atom stereocenters. The van der Waals surface area contributed by atoms with Gasteiger partial charge in [-0.1, -0.05) is 0 Å². The maximum atomic E-state index is 14.0. The van der Waals surface area contributed by atoms with E-state index in [0.29, 0.717) is 28.0 Å². The molecule has 29 heavy (non-hydrogen) atoms. The minimum atomic E-state index is -3.63. The van der Waals surface area contributed by atoms with Gasteiger partial charge in [0.05, 0.1) is 22.5 Å². The Hall–Kier alpha value is -2.70. The van der Waals surface area contributed by atoms with Gasteiger partial charge in [0.15, 0.2) is 5.84 Å². The molecule has 4 rings (SSSR count). The lowest BCUT2D eigenvalue weighted by Gasteiger charge is -2.30. The molecule has 1 aromatic carbocycles. The van der Waals surface area contributed by atoms with Crippen LogP contribution in [-0.4, -0.2) is 31.4 Å². The van der Waals surface area contributed by atoms with Gasteiger partial charge in [-0.05, 0) is 51.3 Å². The highest BCUT2D eigenvalue weighted by Gasteiger charge is 2.31. The van der Waals surface area contributed by atoms with Crippen molar-refractivity contribution in [1.82, 2.24) is 14.6 Å². The fourth-order valence-electron chi connectivity index (χ4n) is 3.74. The highest BCUT2D eigenvalue weighted by Crippen LogP contribution is 2.39. The SMILES string of the molecule is CC(C)NS(=O)(=O)C1=CNC(c2c(C#N)c3ccc(F)cc3n2C2CCC2)=NC1. The molecular weight excluding hydrogens is 393 g/mol. The van der Waals surface area contributed by atoms with Crippen molar-refractivity contribution in [2.24, 2.45) is 4.99 Å². The number of hydrogen-bond acceptors (Lipinski definition) is 5. The van der Waals surface area contributed by atoms with Crippen LogP contribution in [0.2, 0.25) is 0 Å². The molecule has 0 unspecified atom stereocenters. The summed E-state index contributed by atoms with van der Waals surface area (Å²) in [6.07, 6.45) is 4.38. The zero-order chi connectivity index (χ0) is 20.8. The van der Waals surface area contributed by atoms with Crippen molar-refractivity contribution in [3.63, 3.8) is 0 Å². The minimum Gasteiger partial charge on any atom is -0.344 e. The van der Waals surface area contributed by atoms with Crippen LogP contribution in [0.15, 0.2) is 34.3 Å². The molecule has 0 bridgehead atoms. The van der Waals surface area contributed by atoms with Crippen LogP contribution in [0.1, 0.15) is 50.4 Å². The van der Waals surface area contributed by atoms with Gasteiger partial charge in [0.2, 0.25) is 10.0 Å². The minimum absolute atomic E-state index is 0.0319. The van der Waals surface area contributed by atoms with E-state index in [4.69, 9.17) is 0 Å². The van der Waals surface area contributed by atoms with Gasteiger partial charge in [-0.2, -0.15) is 5.26 Å². The quantitative estimate of drug-likeness (QED) is 0.784. The molecule has 152 valence electrons. The number of rotatable bonds is 5. The van der Waals surface area contributed by atoms with Crippen LogP contribution in [0.4, 0.5) is 4.39 Å². The second-order valence-corrected chi connectivity index (χ2v) is 9.41. The molecule has 0 saturated heterocycles. The smallest absolute Gasteiger partial charge is 0.240 e. The predicted molar refractivity (Wildman–Crippen MR) is 109 cm³/mol. The second-order valence-electron chi connectivity index (χ2n) is 7.65. The summed E-state index contributed by atoms with van der Waals surface area (Å²) in [7, 11) is -3.63. The Kier molecular flexibility index (Phi) is 4.92. The third-order valence-electron chi connectivity index (χ3n) is 5.24. The Labute approximate surface area is 169 Å². The number of sulfonamides is 1. The molecule has 0 amide bonds. The Balaban J connectivity index is 1.78. The maximum absolute atomic E-state index is 14.0. The summed E-state index contributed by atoms with van der Waals surface area (Å²) < 4.78 is 43.2. The van der Waals surface area contributed by atoms with Crippen LogP contribution in [0.25, 0.3) is 10.9 Å². The third-order valence-corrected chi connectivity index (χ3v) is 6.96. The summed E-state index contributed by atoms with van der Waals surface area (Å²) in [5, 5.41) is 13.5. The van der Waals surface area contributed by atoms with E-state index in [1.165, 1.54) is 18.3 Å². The highest BCUT2D eigenvalue weighted by molar-refractivity contribution is 7.93. The summed E-state index contributed by atoms with van der Waals surface area (Å²) in [5.41, 5.74) is 1.66. The fourth-order valence-corrected chi connectivity index (χ4v) is 4.96. The van der Waals surface area contributed by atoms with E-state index in [2.05, 4.69) is 21.1 Å². The molecule has 9 heteroatoms. The van der Waals surface area contributed by atoms with Gasteiger partial charge in [0.1, 0.15) is 17.6 Å². The highest BCUT2D eigenvalue weighted by atomic mass is 32.2. The van der Waals surface area contributed by atoms with Gasteiger partial charge in [0, 0.05) is 23.7 Å². The number of aromatic nitrogens is 1. The van der Waals surface area contributed by atoms with Crippen molar-refractivity contribution < 1.29 is 12.8 Å². The van der Waals surface area contributed by atoms with Crippen molar-refractivity contribution in [1.29, 1.82) is 5.26 Å². The van der Waals surface area contributed by atoms with E-state index in [1.54, 1.807) is 19.9 Å². The molecular formula is C20H22FN5O2S. The third kappa shape index (κ3) is 3.43. The van der Waals surface area contributed by atoms with Crippen molar-refractivity contribution in [3.8, 4) is 6.07 Å². The number of halogens is 1. The lowest BCUT2D eigenvalue weighted by molar-refractivity contribution is 0.320. The molecule has 1 aliphatic carbocycles. The molecule has 2 aromatic rings. The lowest BCUT2D eigenvalue weighted by atomic mass is 9.92. The van der Waals surface area contributed by atoms with Crippen LogP contribution in [0.3, 0.4) is 0 Å². The van der Waals surface area contributed by atoms with Gasteiger partial charge in [-0.15, -0.1) is 0 Å². The van der Waals surface area contributed by atoms with Gasteiger partial charge >= 0.3 is 0 Å². The first kappa shape index (κ1) is 19.6. The van der Waals surface area contributed by atoms with E-state index in [9.17, 15) is 18.1 Å². The molecule has 1 aromatic heterocycles. The van der Waals surface area contributed by atoms with E-state index in [1.807, 2.05) is 4.57 Å². The van der Waals surface area contributed by atoms with Crippen molar-refractivity contribution >= 4 is 26.8 Å². The van der Waals surface area contributed by atoms with Crippen LogP contribution >= 0.6 is 0 Å². The first-order valence-corrected chi connectivity index (χ1v) is 11.1. The molecule has 7 nitrogen and oxygen atoms in total. The topological polar surface area (TPSA) is 99.3 Å². The molecule has 2 heterocycles. The molecule has 0 radical (unpaired) electrons. The normalized spacial score (nSPS) is 17.5. The molecule has 2 N–H and O–H groups in total. The average Bonchev–Trinajstić information content (AvgIpc) is 2.93. The molecule has 1 saturated carbocycles. The monoisotopic (exact) mass is 415 g/mol. The lowest BCUT2D eigenvalue weighted by Crippen LogP contribution is -2.36. The molecule has 0 spiro atoms. The van der Waals surface area contributed by atoms with Crippen LogP contribution in [0.5, 0.6) is 0 Å². The van der Waals surface area contributed by atoms with Crippen molar-refractivity contribution in [2.45, 2.75) is 45.2 Å². The van der Waals surface area contributed by atoms with Gasteiger partial charge in [0.25, 0.3) is 0 Å². The Morgan fingerprint density at radius 2 is 2.14 bits per heavy atom. The summed E-state index contributed by atoms with van der Waals surface area (Å²) >= 11 is 0. The largest absolute Gasteiger partial charge is 0.344 e. The molecule has 1 fully saturated rings. The van der Waals surface area contributed by atoms with Gasteiger partial charge in [-0.25, -0.2) is 17.5 Å². The number of amidine groups is 1.